The Balaban J connectivity index is 1.96. The first-order valence-electron chi connectivity index (χ1n) is 6.69. The average Bonchev–Trinajstić information content (AvgIpc) is 2.86. The van der Waals surface area contributed by atoms with Crippen LogP contribution in [0, 0.1) is 17.0 Å². The molecular formula is C14H13ClN4O5. The van der Waals surface area contributed by atoms with E-state index in [2.05, 4.69) is 10.4 Å². The summed E-state index contributed by atoms with van der Waals surface area (Å²) >= 11 is 5.68. The van der Waals surface area contributed by atoms with Gasteiger partial charge in [-0.05, 0) is 19.1 Å². The highest BCUT2D eigenvalue weighted by molar-refractivity contribution is 6.32. The molecule has 0 aliphatic rings. The third-order valence-electron chi connectivity index (χ3n) is 3.22. The van der Waals surface area contributed by atoms with Crippen LogP contribution < -0.4 is 5.32 Å². The lowest BCUT2D eigenvalue weighted by Gasteiger charge is -2.07. The summed E-state index contributed by atoms with van der Waals surface area (Å²) in [7, 11) is 1.67. The average molecular weight is 353 g/mol. The number of benzene rings is 1. The zero-order chi connectivity index (χ0) is 17.9. The number of rotatable bonds is 5. The largest absolute Gasteiger partial charge is 0.452 e. The molecule has 9 nitrogen and oxygen atoms in total. The highest BCUT2D eigenvalue weighted by Gasteiger charge is 2.17. The van der Waals surface area contributed by atoms with Crippen LogP contribution in [0.2, 0.25) is 5.02 Å². The van der Waals surface area contributed by atoms with Gasteiger partial charge in [0.15, 0.2) is 6.61 Å². The van der Waals surface area contributed by atoms with Gasteiger partial charge >= 0.3 is 5.97 Å². The number of aryl methyl sites for hydroxylation is 1. The molecule has 0 radical (unpaired) electrons. The van der Waals surface area contributed by atoms with E-state index in [0.29, 0.717) is 5.69 Å². The van der Waals surface area contributed by atoms with Crippen molar-refractivity contribution in [2.24, 2.45) is 7.05 Å². The standard InChI is InChI=1S/C14H13ClN4O5/c1-8-10(6-16-18(8)2)14(21)24-7-13(20)17-9-3-4-11(15)12(5-9)19(22)23/h3-6H,7H2,1-2H3,(H,17,20). The second kappa shape index (κ2) is 7.09. The van der Waals surface area contributed by atoms with Crippen molar-refractivity contribution in [2.75, 3.05) is 11.9 Å². The second-order valence-electron chi connectivity index (χ2n) is 4.81. The fraction of sp³-hybridized carbons (Fsp3) is 0.214. The van der Waals surface area contributed by atoms with Gasteiger partial charge in [-0.15, -0.1) is 0 Å². The third kappa shape index (κ3) is 3.87. The first kappa shape index (κ1) is 17.4. The number of nitro benzene ring substituents is 1. The van der Waals surface area contributed by atoms with E-state index in [1.165, 1.54) is 23.0 Å². The minimum absolute atomic E-state index is 0.0449. The minimum atomic E-state index is -0.683. The van der Waals surface area contributed by atoms with Gasteiger partial charge in [-0.25, -0.2) is 4.79 Å². The van der Waals surface area contributed by atoms with Crippen molar-refractivity contribution >= 4 is 34.9 Å². The van der Waals surface area contributed by atoms with E-state index < -0.39 is 23.4 Å². The van der Waals surface area contributed by atoms with Crippen molar-refractivity contribution in [3.05, 3.63) is 50.8 Å². The van der Waals surface area contributed by atoms with Crippen molar-refractivity contribution in [1.29, 1.82) is 0 Å². The molecule has 1 heterocycles. The molecule has 0 saturated carbocycles. The summed E-state index contributed by atoms with van der Waals surface area (Å²) in [6, 6.07) is 3.81. The van der Waals surface area contributed by atoms with E-state index in [4.69, 9.17) is 16.3 Å². The molecule has 0 fully saturated rings. The van der Waals surface area contributed by atoms with Gasteiger partial charge in [0.05, 0.1) is 11.1 Å². The molecule has 0 atom stereocenters. The van der Waals surface area contributed by atoms with Crippen molar-refractivity contribution in [3.63, 3.8) is 0 Å². The van der Waals surface area contributed by atoms with Gasteiger partial charge in [0, 0.05) is 24.5 Å². The number of hydrogen-bond acceptors (Lipinski definition) is 6. The monoisotopic (exact) mass is 352 g/mol. The number of carbonyl (C=O) groups is 2. The molecule has 0 spiro atoms. The van der Waals surface area contributed by atoms with Crippen LogP contribution in [-0.4, -0.2) is 33.2 Å². The second-order valence-corrected chi connectivity index (χ2v) is 5.22. The summed E-state index contributed by atoms with van der Waals surface area (Å²) in [5.74, 6) is -1.32. The lowest BCUT2D eigenvalue weighted by Crippen LogP contribution is -2.21. The molecule has 0 unspecified atom stereocenters. The van der Waals surface area contributed by atoms with Gasteiger partial charge in [-0.2, -0.15) is 5.10 Å². The van der Waals surface area contributed by atoms with Crippen molar-refractivity contribution in [2.45, 2.75) is 6.92 Å². The molecule has 2 aromatic rings. The number of carbonyl (C=O) groups excluding carboxylic acids is 2. The first-order valence-corrected chi connectivity index (χ1v) is 7.07. The lowest BCUT2D eigenvalue weighted by atomic mass is 10.2. The molecule has 1 aromatic heterocycles. The number of aromatic nitrogens is 2. The maximum atomic E-state index is 11.9. The Hall–Kier alpha value is -2.94. The lowest BCUT2D eigenvalue weighted by molar-refractivity contribution is -0.384. The van der Waals surface area contributed by atoms with Crippen molar-refractivity contribution < 1.29 is 19.2 Å². The predicted molar refractivity (Wildman–Crippen MR) is 85.0 cm³/mol. The summed E-state index contributed by atoms with van der Waals surface area (Å²) in [5.41, 5.74) is 0.698. The van der Waals surface area contributed by atoms with Crippen LogP contribution in [0.1, 0.15) is 16.1 Å². The number of halogens is 1. The van der Waals surface area contributed by atoms with Crippen LogP contribution in [0.25, 0.3) is 0 Å². The Morgan fingerprint density at radius 3 is 2.75 bits per heavy atom. The quantitative estimate of drug-likeness (QED) is 0.500. The smallest absolute Gasteiger partial charge is 0.342 e. The number of ether oxygens (including phenoxy) is 1. The van der Waals surface area contributed by atoms with E-state index >= 15 is 0 Å². The Labute approximate surface area is 141 Å². The molecule has 1 amide bonds. The van der Waals surface area contributed by atoms with E-state index in [9.17, 15) is 19.7 Å². The first-order chi connectivity index (χ1) is 11.3. The van der Waals surface area contributed by atoms with Crippen molar-refractivity contribution in [1.82, 2.24) is 9.78 Å². The van der Waals surface area contributed by atoms with Crippen LogP contribution in [-0.2, 0) is 16.6 Å². The predicted octanol–water partition coefficient (Wildman–Crippen LogP) is 2.09. The van der Waals surface area contributed by atoms with Gasteiger partial charge in [0.2, 0.25) is 0 Å². The fourth-order valence-electron chi connectivity index (χ4n) is 1.84. The molecule has 0 aliphatic heterocycles. The Kier molecular flexibility index (Phi) is 5.14. The van der Waals surface area contributed by atoms with Gasteiger partial charge in [0.25, 0.3) is 11.6 Å². The maximum absolute atomic E-state index is 11.9. The summed E-state index contributed by atoms with van der Waals surface area (Å²) < 4.78 is 6.40. The summed E-state index contributed by atoms with van der Waals surface area (Å²) in [4.78, 5) is 33.8. The molecule has 126 valence electrons. The highest BCUT2D eigenvalue weighted by atomic mass is 35.5. The van der Waals surface area contributed by atoms with Crippen LogP contribution in [0.3, 0.4) is 0 Å². The fourth-order valence-corrected chi connectivity index (χ4v) is 2.02. The van der Waals surface area contributed by atoms with Gasteiger partial charge < -0.3 is 10.1 Å². The zero-order valence-electron chi connectivity index (χ0n) is 12.8. The topological polar surface area (TPSA) is 116 Å². The van der Waals surface area contributed by atoms with E-state index in [0.717, 1.165) is 6.07 Å². The molecule has 0 saturated heterocycles. The van der Waals surface area contributed by atoms with Crippen molar-refractivity contribution in [3.8, 4) is 0 Å². The van der Waals surface area contributed by atoms with Gasteiger partial charge in [-0.3, -0.25) is 19.6 Å². The third-order valence-corrected chi connectivity index (χ3v) is 3.54. The Bertz CT molecular complexity index is 817. The maximum Gasteiger partial charge on any atom is 0.342 e. The number of amides is 1. The molecule has 0 bridgehead atoms. The number of anilines is 1. The Morgan fingerprint density at radius 2 is 2.17 bits per heavy atom. The number of esters is 1. The summed E-state index contributed by atoms with van der Waals surface area (Å²) in [6.07, 6.45) is 1.35. The normalized spacial score (nSPS) is 10.3. The zero-order valence-corrected chi connectivity index (χ0v) is 13.5. The van der Waals surface area contributed by atoms with Crippen LogP contribution in [0.5, 0.6) is 0 Å². The molecule has 0 aliphatic carbocycles. The number of nitrogens with one attached hydrogen (secondary N) is 1. The van der Waals surface area contributed by atoms with Crippen LogP contribution in [0.15, 0.2) is 24.4 Å². The van der Waals surface area contributed by atoms with Gasteiger partial charge in [-0.1, -0.05) is 11.6 Å². The van der Waals surface area contributed by atoms with E-state index in [1.54, 1.807) is 14.0 Å². The highest BCUT2D eigenvalue weighted by Crippen LogP contribution is 2.27. The Morgan fingerprint density at radius 1 is 1.46 bits per heavy atom. The van der Waals surface area contributed by atoms with Crippen LogP contribution >= 0.6 is 11.6 Å². The summed E-state index contributed by atoms with van der Waals surface area (Å²) in [5, 5.41) is 17.0. The molecular weight excluding hydrogens is 340 g/mol. The number of nitrogens with zero attached hydrogens (tertiary/aromatic N) is 3. The SMILES string of the molecule is Cc1c(C(=O)OCC(=O)Nc2ccc(Cl)c([N+](=O)[O-])c2)cnn1C. The number of hydrogen-bond donors (Lipinski definition) is 1. The van der Waals surface area contributed by atoms with Crippen LogP contribution in [0.4, 0.5) is 11.4 Å². The molecule has 10 heteroatoms. The molecule has 1 N–H and O–H groups in total. The summed E-state index contributed by atoms with van der Waals surface area (Å²) in [6.45, 7) is 1.15. The molecule has 1 aromatic carbocycles. The number of nitro groups is 1. The molecule has 2 rings (SSSR count). The minimum Gasteiger partial charge on any atom is -0.452 e. The molecule has 24 heavy (non-hydrogen) atoms. The van der Waals surface area contributed by atoms with E-state index in [1.807, 2.05) is 0 Å². The van der Waals surface area contributed by atoms with Gasteiger partial charge in [0.1, 0.15) is 10.6 Å². The van der Waals surface area contributed by atoms with E-state index in [-0.39, 0.29) is 22.0 Å².